The minimum atomic E-state index is 0. The van der Waals surface area contributed by atoms with E-state index in [1.165, 1.54) is 12.8 Å². The molecule has 0 spiro atoms. The highest BCUT2D eigenvalue weighted by Gasteiger charge is 2.31. The molecule has 2 saturated carbocycles. The first-order chi connectivity index (χ1) is 7.96. The van der Waals surface area contributed by atoms with Crippen LogP contribution in [0.1, 0.15) is 58.8 Å². The maximum absolute atomic E-state index is 12.1. The van der Waals surface area contributed by atoms with Crippen molar-refractivity contribution in [3.8, 4) is 0 Å². The van der Waals surface area contributed by atoms with Crippen LogP contribution in [-0.2, 0) is 4.79 Å². The summed E-state index contributed by atoms with van der Waals surface area (Å²) in [4.78, 5) is 12.1. The van der Waals surface area contributed by atoms with E-state index < -0.39 is 0 Å². The third-order valence-electron chi connectivity index (χ3n) is 4.53. The molecule has 2 fully saturated rings. The van der Waals surface area contributed by atoms with Crippen molar-refractivity contribution in [2.75, 3.05) is 0 Å². The molecule has 4 heteroatoms. The third-order valence-corrected chi connectivity index (χ3v) is 4.53. The molecular weight excluding hydrogens is 248 g/mol. The Bertz CT molecular complexity index is 284. The summed E-state index contributed by atoms with van der Waals surface area (Å²) >= 11 is 0. The maximum Gasteiger partial charge on any atom is 0.223 e. The van der Waals surface area contributed by atoms with Gasteiger partial charge in [0, 0.05) is 18.0 Å². The van der Waals surface area contributed by atoms with Crippen LogP contribution < -0.4 is 11.1 Å². The Morgan fingerprint density at radius 3 is 2.28 bits per heavy atom. The van der Waals surface area contributed by atoms with E-state index in [4.69, 9.17) is 5.73 Å². The van der Waals surface area contributed by atoms with E-state index in [-0.39, 0.29) is 30.3 Å². The SMILES string of the molecule is CC1(C)CCC(NC(=O)C2CCC(N)C2)CC1.Cl. The van der Waals surface area contributed by atoms with Gasteiger partial charge < -0.3 is 11.1 Å². The standard InChI is InChI=1S/C14H26N2O.ClH/c1-14(2)7-5-12(6-8-14)16-13(17)10-3-4-11(15)9-10;/h10-12H,3-9,15H2,1-2H3,(H,16,17);1H. The average molecular weight is 275 g/mol. The second-order valence-corrected chi connectivity index (χ2v) is 6.72. The number of carbonyl (C=O) groups is 1. The summed E-state index contributed by atoms with van der Waals surface area (Å²) in [5, 5.41) is 3.22. The van der Waals surface area contributed by atoms with Crippen molar-refractivity contribution in [2.24, 2.45) is 17.1 Å². The number of amides is 1. The van der Waals surface area contributed by atoms with Crippen LogP contribution >= 0.6 is 12.4 Å². The van der Waals surface area contributed by atoms with E-state index in [0.717, 1.165) is 32.1 Å². The second kappa shape index (κ2) is 6.25. The number of nitrogens with two attached hydrogens (primary N) is 1. The first kappa shape index (κ1) is 15.8. The highest BCUT2D eigenvalue weighted by atomic mass is 35.5. The van der Waals surface area contributed by atoms with Crippen molar-refractivity contribution < 1.29 is 4.79 Å². The summed E-state index contributed by atoms with van der Waals surface area (Å²) in [6.07, 6.45) is 7.59. The average Bonchev–Trinajstić information content (AvgIpc) is 2.68. The van der Waals surface area contributed by atoms with E-state index in [1.54, 1.807) is 0 Å². The molecule has 2 aliphatic carbocycles. The number of hydrogen-bond acceptors (Lipinski definition) is 2. The molecule has 0 aromatic rings. The monoisotopic (exact) mass is 274 g/mol. The molecular formula is C14H27ClN2O. The lowest BCUT2D eigenvalue weighted by Crippen LogP contribution is -2.41. The fourth-order valence-corrected chi connectivity index (χ4v) is 3.12. The van der Waals surface area contributed by atoms with Crippen molar-refractivity contribution in [1.82, 2.24) is 5.32 Å². The van der Waals surface area contributed by atoms with Crippen molar-refractivity contribution in [3.63, 3.8) is 0 Å². The zero-order valence-corrected chi connectivity index (χ0v) is 12.4. The topological polar surface area (TPSA) is 55.1 Å². The molecule has 3 nitrogen and oxygen atoms in total. The Labute approximate surface area is 117 Å². The van der Waals surface area contributed by atoms with Crippen molar-refractivity contribution >= 4 is 18.3 Å². The summed E-state index contributed by atoms with van der Waals surface area (Å²) in [5.41, 5.74) is 6.32. The van der Waals surface area contributed by atoms with Crippen molar-refractivity contribution in [2.45, 2.75) is 70.9 Å². The highest BCUT2D eigenvalue weighted by Crippen LogP contribution is 2.35. The predicted octanol–water partition coefficient (Wildman–Crippen LogP) is 2.62. The number of nitrogens with one attached hydrogen (secondary N) is 1. The first-order valence-electron chi connectivity index (χ1n) is 7.02. The molecule has 2 rings (SSSR count). The normalized spacial score (nSPS) is 31.7. The fraction of sp³-hybridized carbons (Fsp3) is 0.929. The van der Waals surface area contributed by atoms with Gasteiger partial charge in [0.15, 0.2) is 0 Å². The van der Waals surface area contributed by atoms with Crippen LogP contribution in [0.25, 0.3) is 0 Å². The third kappa shape index (κ3) is 4.13. The van der Waals surface area contributed by atoms with E-state index in [1.807, 2.05) is 0 Å². The Hall–Kier alpha value is -0.280. The molecule has 3 N–H and O–H groups in total. The minimum Gasteiger partial charge on any atom is -0.353 e. The van der Waals surface area contributed by atoms with Crippen LogP contribution in [0.2, 0.25) is 0 Å². The van der Waals surface area contributed by atoms with E-state index >= 15 is 0 Å². The molecule has 0 aromatic heterocycles. The molecule has 18 heavy (non-hydrogen) atoms. The largest absolute Gasteiger partial charge is 0.353 e. The van der Waals surface area contributed by atoms with Crippen LogP contribution in [0.4, 0.5) is 0 Å². The van der Waals surface area contributed by atoms with Gasteiger partial charge in [0.25, 0.3) is 0 Å². The van der Waals surface area contributed by atoms with Gasteiger partial charge in [-0.25, -0.2) is 0 Å². The lowest BCUT2D eigenvalue weighted by atomic mass is 9.75. The molecule has 0 heterocycles. The van der Waals surface area contributed by atoms with Gasteiger partial charge in [-0.15, -0.1) is 12.4 Å². The van der Waals surface area contributed by atoms with Crippen molar-refractivity contribution in [3.05, 3.63) is 0 Å². The number of hydrogen-bond donors (Lipinski definition) is 2. The molecule has 0 aromatic carbocycles. The van der Waals surface area contributed by atoms with Gasteiger partial charge in [-0.2, -0.15) is 0 Å². The zero-order valence-electron chi connectivity index (χ0n) is 11.6. The van der Waals surface area contributed by atoms with Gasteiger partial charge in [0.1, 0.15) is 0 Å². The quantitative estimate of drug-likeness (QED) is 0.813. The molecule has 0 radical (unpaired) electrons. The molecule has 2 atom stereocenters. The summed E-state index contributed by atoms with van der Waals surface area (Å²) in [6.45, 7) is 4.64. The van der Waals surface area contributed by atoms with Crippen molar-refractivity contribution in [1.29, 1.82) is 0 Å². The molecule has 2 unspecified atom stereocenters. The smallest absolute Gasteiger partial charge is 0.223 e. The van der Waals surface area contributed by atoms with E-state index in [9.17, 15) is 4.79 Å². The molecule has 0 bridgehead atoms. The van der Waals surface area contributed by atoms with Crippen LogP contribution in [-0.4, -0.2) is 18.0 Å². The zero-order chi connectivity index (χ0) is 12.5. The number of halogens is 1. The Balaban J connectivity index is 0.00000162. The van der Waals surface area contributed by atoms with Crippen LogP contribution in [0.3, 0.4) is 0 Å². The van der Waals surface area contributed by atoms with Gasteiger partial charge in [-0.3, -0.25) is 4.79 Å². The fourth-order valence-electron chi connectivity index (χ4n) is 3.12. The van der Waals surface area contributed by atoms with Gasteiger partial charge in [0.2, 0.25) is 5.91 Å². The van der Waals surface area contributed by atoms with E-state index in [0.29, 0.717) is 11.5 Å². The number of carbonyl (C=O) groups excluding carboxylic acids is 1. The maximum atomic E-state index is 12.1. The summed E-state index contributed by atoms with van der Waals surface area (Å²) < 4.78 is 0. The Morgan fingerprint density at radius 1 is 1.17 bits per heavy atom. The summed E-state index contributed by atoms with van der Waals surface area (Å²) in [5.74, 6) is 0.433. The molecule has 106 valence electrons. The summed E-state index contributed by atoms with van der Waals surface area (Å²) in [6, 6.07) is 0.656. The van der Waals surface area contributed by atoms with Gasteiger partial charge in [-0.05, 0) is 50.4 Å². The van der Waals surface area contributed by atoms with Gasteiger partial charge >= 0.3 is 0 Å². The molecule has 0 aliphatic heterocycles. The first-order valence-corrected chi connectivity index (χ1v) is 7.02. The molecule has 2 aliphatic rings. The lowest BCUT2D eigenvalue weighted by molar-refractivity contribution is -0.125. The van der Waals surface area contributed by atoms with Crippen LogP contribution in [0.15, 0.2) is 0 Å². The Kier molecular flexibility index (Phi) is 5.47. The van der Waals surface area contributed by atoms with Gasteiger partial charge in [0.05, 0.1) is 0 Å². The number of rotatable bonds is 2. The predicted molar refractivity (Wildman–Crippen MR) is 76.7 cm³/mol. The lowest BCUT2D eigenvalue weighted by Gasteiger charge is -2.35. The second-order valence-electron chi connectivity index (χ2n) is 6.72. The minimum absolute atomic E-state index is 0. The molecule has 1 amide bonds. The highest BCUT2D eigenvalue weighted by molar-refractivity contribution is 5.85. The summed E-state index contributed by atoms with van der Waals surface area (Å²) in [7, 11) is 0. The van der Waals surface area contributed by atoms with Crippen LogP contribution in [0, 0.1) is 11.3 Å². The van der Waals surface area contributed by atoms with E-state index in [2.05, 4.69) is 19.2 Å². The van der Waals surface area contributed by atoms with Gasteiger partial charge in [-0.1, -0.05) is 13.8 Å². The Morgan fingerprint density at radius 2 is 1.78 bits per heavy atom. The molecule has 0 saturated heterocycles. The van der Waals surface area contributed by atoms with Crippen LogP contribution in [0.5, 0.6) is 0 Å².